The number of carbonyl (C=O) groups excluding carboxylic acids is 1. The molecule has 6 heteroatoms. The van der Waals surface area contributed by atoms with Crippen molar-refractivity contribution in [1.29, 1.82) is 0 Å². The summed E-state index contributed by atoms with van der Waals surface area (Å²) in [7, 11) is 0. The molecule has 0 aliphatic carbocycles. The summed E-state index contributed by atoms with van der Waals surface area (Å²) in [6.07, 6.45) is 7.64. The maximum absolute atomic E-state index is 11.3. The van der Waals surface area contributed by atoms with Gasteiger partial charge in [-0.25, -0.2) is 0 Å². The van der Waals surface area contributed by atoms with Crippen molar-refractivity contribution in [2.45, 2.75) is 32.6 Å². The topological polar surface area (TPSA) is 73.9 Å². The van der Waals surface area contributed by atoms with E-state index >= 15 is 0 Å². The Hall–Kier alpha value is -2.37. The van der Waals surface area contributed by atoms with E-state index in [2.05, 4.69) is 38.4 Å². The fourth-order valence-corrected chi connectivity index (χ4v) is 3.15. The molecule has 0 radical (unpaired) electrons. The van der Waals surface area contributed by atoms with E-state index in [9.17, 15) is 4.79 Å². The Labute approximate surface area is 129 Å². The molecular weight excluding hydrogens is 278 g/mol. The highest BCUT2D eigenvalue weighted by Gasteiger charge is 2.25. The van der Waals surface area contributed by atoms with E-state index in [0.29, 0.717) is 5.92 Å². The molecule has 1 unspecified atom stereocenters. The average Bonchev–Trinajstić information content (AvgIpc) is 2.95. The van der Waals surface area contributed by atoms with Crippen molar-refractivity contribution in [3.63, 3.8) is 0 Å². The van der Waals surface area contributed by atoms with Crippen LogP contribution in [0.5, 0.6) is 0 Å². The number of anilines is 2. The molecular formula is C16H21N5O. The Bertz CT molecular complexity index is 666. The number of amides is 1. The number of nitrogens with zero attached hydrogens (tertiary/aromatic N) is 3. The van der Waals surface area contributed by atoms with Gasteiger partial charge in [0.05, 0.1) is 17.6 Å². The number of nitrogens with one attached hydrogen (secondary N) is 2. The van der Waals surface area contributed by atoms with Crippen molar-refractivity contribution in [2.24, 2.45) is 0 Å². The number of aryl methyl sites for hydroxylation is 1. The molecule has 6 nitrogen and oxygen atoms in total. The number of pyridine rings is 1. The molecule has 1 saturated heterocycles. The number of H-pyrrole nitrogens is 1. The van der Waals surface area contributed by atoms with Crippen LogP contribution in [-0.2, 0) is 4.79 Å². The first kappa shape index (κ1) is 14.6. The van der Waals surface area contributed by atoms with Crippen LogP contribution in [0.25, 0.3) is 0 Å². The molecule has 2 aromatic heterocycles. The third kappa shape index (κ3) is 2.95. The summed E-state index contributed by atoms with van der Waals surface area (Å²) in [6.45, 7) is 5.57. The second kappa shape index (κ2) is 6.17. The fraction of sp³-hybridized carbons (Fsp3) is 0.438. The normalized spacial score (nSPS) is 18.3. The van der Waals surface area contributed by atoms with Crippen LogP contribution in [0.3, 0.4) is 0 Å². The molecule has 3 heterocycles. The second-order valence-electron chi connectivity index (χ2n) is 5.83. The van der Waals surface area contributed by atoms with Crippen LogP contribution in [0.4, 0.5) is 11.4 Å². The SMILES string of the molecule is CC(=O)Nc1cn[nH]c1C1CCCN(c2ccncc2C)C1. The highest BCUT2D eigenvalue weighted by atomic mass is 16.1. The van der Waals surface area contributed by atoms with E-state index in [1.807, 2.05) is 12.4 Å². The molecule has 1 amide bonds. The number of hydrogen-bond donors (Lipinski definition) is 2. The Morgan fingerprint density at radius 1 is 1.45 bits per heavy atom. The summed E-state index contributed by atoms with van der Waals surface area (Å²) in [5.41, 5.74) is 4.24. The van der Waals surface area contributed by atoms with Crippen LogP contribution in [-0.4, -0.2) is 34.2 Å². The molecule has 116 valence electrons. The van der Waals surface area contributed by atoms with Crippen molar-refractivity contribution >= 4 is 17.3 Å². The lowest BCUT2D eigenvalue weighted by Gasteiger charge is -2.35. The van der Waals surface area contributed by atoms with E-state index in [1.165, 1.54) is 18.2 Å². The van der Waals surface area contributed by atoms with Gasteiger partial charge in [0.1, 0.15) is 0 Å². The molecule has 1 aliphatic rings. The first-order valence-electron chi connectivity index (χ1n) is 7.61. The molecule has 2 N–H and O–H groups in total. The Morgan fingerprint density at radius 3 is 3.09 bits per heavy atom. The van der Waals surface area contributed by atoms with Gasteiger partial charge in [0.25, 0.3) is 0 Å². The molecule has 1 aliphatic heterocycles. The van der Waals surface area contributed by atoms with E-state index < -0.39 is 0 Å². The molecule has 1 fully saturated rings. The fourth-order valence-electron chi connectivity index (χ4n) is 3.15. The molecule has 1 atom stereocenters. The maximum atomic E-state index is 11.3. The number of piperidine rings is 1. The summed E-state index contributed by atoms with van der Waals surface area (Å²) in [4.78, 5) is 17.9. The Morgan fingerprint density at radius 2 is 2.32 bits per heavy atom. The molecule has 0 bridgehead atoms. The van der Waals surface area contributed by atoms with Crippen molar-refractivity contribution in [3.8, 4) is 0 Å². The van der Waals surface area contributed by atoms with Crippen LogP contribution >= 0.6 is 0 Å². The van der Waals surface area contributed by atoms with E-state index in [4.69, 9.17) is 0 Å². The highest BCUT2D eigenvalue weighted by molar-refractivity contribution is 5.89. The van der Waals surface area contributed by atoms with Gasteiger partial charge in [0, 0.05) is 44.0 Å². The minimum atomic E-state index is -0.0692. The maximum Gasteiger partial charge on any atom is 0.221 e. The summed E-state index contributed by atoms with van der Waals surface area (Å²) in [5.74, 6) is 0.269. The minimum Gasteiger partial charge on any atom is -0.371 e. The molecule has 0 aromatic carbocycles. The average molecular weight is 299 g/mol. The van der Waals surface area contributed by atoms with E-state index in [1.54, 1.807) is 6.20 Å². The van der Waals surface area contributed by atoms with Gasteiger partial charge in [-0.2, -0.15) is 5.10 Å². The van der Waals surface area contributed by atoms with Crippen LogP contribution in [0.1, 0.15) is 36.9 Å². The summed E-state index contributed by atoms with van der Waals surface area (Å²) >= 11 is 0. The molecule has 2 aromatic rings. The third-order valence-electron chi connectivity index (χ3n) is 4.14. The van der Waals surface area contributed by atoms with E-state index in [-0.39, 0.29) is 5.91 Å². The number of rotatable bonds is 3. The Kier molecular flexibility index (Phi) is 4.09. The lowest BCUT2D eigenvalue weighted by Crippen LogP contribution is -2.35. The first-order valence-corrected chi connectivity index (χ1v) is 7.61. The van der Waals surface area contributed by atoms with Gasteiger partial charge >= 0.3 is 0 Å². The summed E-state index contributed by atoms with van der Waals surface area (Å²) in [5, 5.41) is 10.0. The van der Waals surface area contributed by atoms with Crippen LogP contribution in [0.15, 0.2) is 24.7 Å². The van der Waals surface area contributed by atoms with Gasteiger partial charge in [-0.3, -0.25) is 14.9 Å². The number of aromatic nitrogens is 3. The molecule has 0 spiro atoms. The van der Waals surface area contributed by atoms with Crippen LogP contribution < -0.4 is 10.2 Å². The van der Waals surface area contributed by atoms with Crippen molar-refractivity contribution < 1.29 is 4.79 Å². The number of hydrogen-bond acceptors (Lipinski definition) is 4. The highest BCUT2D eigenvalue weighted by Crippen LogP contribution is 2.33. The number of aromatic amines is 1. The van der Waals surface area contributed by atoms with Gasteiger partial charge < -0.3 is 10.2 Å². The van der Waals surface area contributed by atoms with Gasteiger partial charge in [0.2, 0.25) is 5.91 Å². The first-order chi connectivity index (χ1) is 10.6. The minimum absolute atomic E-state index is 0.0692. The van der Waals surface area contributed by atoms with Crippen LogP contribution in [0.2, 0.25) is 0 Å². The van der Waals surface area contributed by atoms with Crippen LogP contribution in [0, 0.1) is 6.92 Å². The quantitative estimate of drug-likeness (QED) is 0.913. The van der Waals surface area contributed by atoms with Gasteiger partial charge in [-0.05, 0) is 31.4 Å². The number of carbonyl (C=O) groups is 1. The van der Waals surface area contributed by atoms with Gasteiger partial charge in [0.15, 0.2) is 0 Å². The lowest BCUT2D eigenvalue weighted by molar-refractivity contribution is -0.114. The standard InChI is InChI=1S/C16H21N5O/c1-11-8-17-6-5-15(11)21-7-3-4-13(10-21)16-14(9-18-20-16)19-12(2)22/h5-6,8-9,13H,3-4,7,10H2,1-2H3,(H,18,20)(H,19,22). The zero-order valence-electron chi connectivity index (χ0n) is 13.0. The van der Waals surface area contributed by atoms with Crippen molar-refractivity contribution in [3.05, 3.63) is 35.9 Å². The largest absolute Gasteiger partial charge is 0.371 e. The predicted octanol–water partition coefficient (Wildman–Crippen LogP) is 2.46. The molecule has 22 heavy (non-hydrogen) atoms. The molecule has 0 saturated carbocycles. The molecule has 3 rings (SSSR count). The van der Waals surface area contributed by atoms with Crippen molar-refractivity contribution in [2.75, 3.05) is 23.3 Å². The van der Waals surface area contributed by atoms with E-state index in [0.717, 1.165) is 37.3 Å². The third-order valence-corrected chi connectivity index (χ3v) is 4.14. The zero-order chi connectivity index (χ0) is 15.5. The van der Waals surface area contributed by atoms with Crippen molar-refractivity contribution in [1.82, 2.24) is 15.2 Å². The predicted molar refractivity (Wildman–Crippen MR) is 86.1 cm³/mol. The smallest absolute Gasteiger partial charge is 0.221 e. The second-order valence-corrected chi connectivity index (χ2v) is 5.83. The summed E-state index contributed by atoms with van der Waals surface area (Å²) in [6, 6.07) is 2.07. The summed E-state index contributed by atoms with van der Waals surface area (Å²) < 4.78 is 0. The Balaban J connectivity index is 1.80. The van der Waals surface area contributed by atoms with Gasteiger partial charge in [-0.15, -0.1) is 0 Å². The lowest BCUT2D eigenvalue weighted by atomic mass is 9.93. The monoisotopic (exact) mass is 299 g/mol. The zero-order valence-corrected chi connectivity index (χ0v) is 13.0. The van der Waals surface area contributed by atoms with Gasteiger partial charge in [-0.1, -0.05) is 0 Å².